The van der Waals surface area contributed by atoms with Crippen molar-refractivity contribution < 1.29 is 42.8 Å². The van der Waals surface area contributed by atoms with Crippen molar-refractivity contribution in [2.75, 3.05) is 53.1 Å². The summed E-state index contributed by atoms with van der Waals surface area (Å²) in [5.74, 6) is 0.222. The molecule has 52 heavy (non-hydrogen) atoms. The van der Waals surface area contributed by atoms with Gasteiger partial charge in [-0.15, -0.1) is 0 Å². The molecule has 3 atom stereocenters. The minimum absolute atomic E-state index is 0.0704. The summed E-state index contributed by atoms with van der Waals surface area (Å²) in [4.78, 5) is 42.7. The van der Waals surface area contributed by atoms with Crippen LogP contribution in [0.4, 0.5) is 9.59 Å². The van der Waals surface area contributed by atoms with E-state index in [1.807, 2.05) is 87.5 Å². The van der Waals surface area contributed by atoms with Gasteiger partial charge in [-0.1, -0.05) is 54.6 Å². The average molecular weight is 716 g/mol. The summed E-state index contributed by atoms with van der Waals surface area (Å²) in [6.45, 7) is 9.07. The van der Waals surface area contributed by atoms with Crippen molar-refractivity contribution >= 4 is 18.1 Å². The first-order valence-corrected chi connectivity index (χ1v) is 17.9. The number of likely N-dealkylation sites (tertiary alicyclic amines) is 1. The zero-order valence-electron chi connectivity index (χ0n) is 30.3. The number of nitrogens with zero attached hydrogens (tertiary/aromatic N) is 2. The molecule has 3 saturated heterocycles. The average Bonchev–Trinajstić information content (AvgIpc) is 3.65. The second-order valence-corrected chi connectivity index (χ2v) is 14.5. The van der Waals surface area contributed by atoms with E-state index in [-0.39, 0.29) is 30.1 Å². The Labute approximate surface area is 305 Å². The maximum Gasteiger partial charge on any atom is 0.410 e. The number of ether oxygens (including phenoxy) is 6. The summed E-state index contributed by atoms with van der Waals surface area (Å²) >= 11 is 0. The molecule has 3 amide bonds. The number of alkyl carbamates (subject to hydrolysis) is 1. The minimum atomic E-state index is -0.600. The Hall–Kier alpha value is -4.65. The maximum atomic E-state index is 13.6. The number of carbonyl (C=O) groups excluding carboxylic acids is 3. The van der Waals surface area contributed by atoms with Gasteiger partial charge in [-0.25, -0.2) is 9.59 Å². The Balaban J connectivity index is 1.07. The van der Waals surface area contributed by atoms with E-state index >= 15 is 0 Å². The Kier molecular flexibility index (Phi) is 12.0. The molecule has 3 heterocycles. The predicted octanol–water partition coefficient (Wildman–Crippen LogP) is 5.80. The van der Waals surface area contributed by atoms with Crippen molar-refractivity contribution in [2.45, 2.75) is 57.8 Å². The van der Waals surface area contributed by atoms with Crippen LogP contribution in [0, 0.1) is 11.8 Å². The number of carbonyl (C=O) groups is 3. The van der Waals surface area contributed by atoms with Gasteiger partial charge >= 0.3 is 12.2 Å². The lowest BCUT2D eigenvalue weighted by Crippen LogP contribution is -2.59. The standard InChI is InChI=1S/C40H49N3O9/c1-40(2,3)52-39(46)43-22-31-25-47-26-32(23-43)36(31)51-38(45)41-35(28-9-6-5-7-10-28)30-11-8-12-33(21-30)50-24-27-13-15-29(16-14-27)37(44)42(4)18-17-34-48-19-20-49-34/h5-16,21,31-32,34-36H,17-20,22-26H2,1-4H3,(H,41,45). The molecule has 2 bridgehead atoms. The molecule has 0 aromatic heterocycles. The van der Waals surface area contributed by atoms with E-state index in [0.717, 1.165) is 16.7 Å². The third kappa shape index (κ3) is 9.81. The number of amides is 3. The van der Waals surface area contributed by atoms with Crippen LogP contribution in [0.1, 0.15) is 60.3 Å². The molecule has 3 unspecified atom stereocenters. The Bertz CT molecular complexity index is 1640. The van der Waals surface area contributed by atoms with E-state index in [4.69, 9.17) is 28.4 Å². The van der Waals surface area contributed by atoms with Crippen LogP contribution >= 0.6 is 0 Å². The van der Waals surface area contributed by atoms with Crippen molar-refractivity contribution in [1.29, 1.82) is 0 Å². The molecule has 3 fully saturated rings. The molecule has 0 spiro atoms. The number of hydrogen-bond donors (Lipinski definition) is 1. The van der Waals surface area contributed by atoms with Gasteiger partial charge in [-0.3, -0.25) is 4.79 Å². The van der Waals surface area contributed by atoms with E-state index in [2.05, 4.69) is 5.32 Å². The molecule has 0 aliphatic carbocycles. The zero-order chi connectivity index (χ0) is 36.7. The van der Waals surface area contributed by atoms with Gasteiger partial charge in [0, 0.05) is 50.5 Å². The number of rotatable bonds is 11. The predicted molar refractivity (Wildman–Crippen MR) is 192 cm³/mol. The fourth-order valence-corrected chi connectivity index (χ4v) is 6.74. The molecule has 1 N–H and O–H groups in total. The Morgan fingerprint density at radius 3 is 2.25 bits per heavy atom. The van der Waals surface area contributed by atoms with E-state index < -0.39 is 23.8 Å². The minimum Gasteiger partial charge on any atom is -0.489 e. The topological polar surface area (TPSA) is 125 Å². The molecule has 12 nitrogen and oxygen atoms in total. The quantitative estimate of drug-likeness (QED) is 0.262. The fourth-order valence-electron chi connectivity index (χ4n) is 6.74. The van der Waals surface area contributed by atoms with E-state index in [1.54, 1.807) is 29.0 Å². The lowest BCUT2D eigenvalue weighted by atomic mass is 9.85. The number of hydrogen-bond acceptors (Lipinski definition) is 9. The van der Waals surface area contributed by atoms with Gasteiger partial charge in [0.25, 0.3) is 5.91 Å². The van der Waals surface area contributed by atoms with Gasteiger partial charge in [-0.2, -0.15) is 0 Å². The number of piperidine rings is 1. The Morgan fingerprint density at radius 1 is 0.904 bits per heavy atom. The van der Waals surface area contributed by atoms with Gasteiger partial charge in [-0.05, 0) is 61.7 Å². The summed E-state index contributed by atoms with van der Waals surface area (Å²) in [6.07, 6.45) is -0.943. The SMILES string of the molecule is CN(CCC1OCCO1)C(=O)c1ccc(COc2cccc(C(NC(=O)OC3C4COCC3CN(C(=O)OC(C)(C)C)C4)c3ccccc3)c2)cc1. The van der Waals surface area contributed by atoms with Crippen molar-refractivity contribution in [3.05, 3.63) is 101 Å². The first kappa shape index (κ1) is 37.1. The summed E-state index contributed by atoms with van der Waals surface area (Å²) < 4.78 is 34.6. The van der Waals surface area contributed by atoms with Crippen LogP contribution in [0.3, 0.4) is 0 Å². The maximum absolute atomic E-state index is 13.6. The molecule has 0 saturated carbocycles. The lowest BCUT2D eigenvalue weighted by Gasteiger charge is -2.46. The first-order valence-electron chi connectivity index (χ1n) is 17.9. The first-order chi connectivity index (χ1) is 25.0. The van der Waals surface area contributed by atoms with Crippen LogP contribution in [-0.4, -0.2) is 99.0 Å². The highest BCUT2D eigenvalue weighted by Gasteiger charge is 2.45. The highest BCUT2D eigenvalue weighted by Crippen LogP contribution is 2.32. The van der Waals surface area contributed by atoms with Crippen LogP contribution in [0.2, 0.25) is 0 Å². The van der Waals surface area contributed by atoms with Gasteiger partial charge in [0.2, 0.25) is 0 Å². The van der Waals surface area contributed by atoms with E-state index in [1.165, 1.54) is 0 Å². The van der Waals surface area contributed by atoms with Gasteiger partial charge in [0.05, 0.1) is 32.5 Å². The second kappa shape index (κ2) is 16.8. The lowest BCUT2D eigenvalue weighted by molar-refractivity contribution is -0.124. The second-order valence-electron chi connectivity index (χ2n) is 14.5. The van der Waals surface area contributed by atoms with E-state index in [0.29, 0.717) is 70.4 Å². The van der Waals surface area contributed by atoms with Crippen molar-refractivity contribution in [3.63, 3.8) is 0 Å². The Morgan fingerprint density at radius 2 is 1.58 bits per heavy atom. The third-order valence-corrected chi connectivity index (χ3v) is 9.33. The molecule has 12 heteroatoms. The van der Waals surface area contributed by atoms with Gasteiger partial charge in [0.15, 0.2) is 6.29 Å². The van der Waals surface area contributed by atoms with Crippen molar-refractivity contribution in [2.24, 2.45) is 11.8 Å². The van der Waals surface area contributed by atoms with Crippen molar-refractivity contribution in [1.82, 2.24) is 15.1 Å². The van der Waals surface area contributed by atoms with Gasteiger partial charge < -0.3 is 43.5 Å². The van der Waals surface area contributed by atoms with E-state index in [9.17, 15) is 14.4 Å². The molecule has 278 valence electrons. The largest absolute Gasteiger partial charge is 0.489 e. The van der Waals surface area contributed by atoms with Crippen LogP contribution in [0.15, 0.2) is 78.9 Å². The molecular weight excluding hydrogens is 666 g/mol. The third-order valence-electron chi connectivity index (χ3n) is 9.33. The molecule has 3 aromatic carbocycles. The monoisotopic (exact) mass is 715 g/mol. The smallest absolute Gasteiger partial charge is 0.410 e. The van der Waals surface area contributed by atoms with Gasteiger partial charge in [0.1, 0.15) is 24.1 Å². The van der Waals surface area contributed by atoms with Crippen LogP contribution in [0.25, 0.3) is 0 Å². The normalized spacial score (nSPS) is 20.8. The highest BCUT2D eigenvalue weighted by molar-refractivity contribution is 5.94. The molecule has 3 aromatic rings. The number of fused-ring (bicyclic) bond motifs is 2. The summed E-state index contributed by atoms with van der Waals surface area (Å²) in [7, 11) is 1.77. The fraction of sp³-hybridized carbons (Fsp3) is 0.475. The molecule has 6 rings (SSSR count). The van der Waals surface area contributed by atoms with Crippen LogP contribution in [-0.2, 0) is 30.3 Å². The van der Waals surface area contributed by atoms with Crippen molar-refractivity contribution in [3.8, 4) is 5.75 Å². The van der Waals surface area contributed by atoms with Crippen LogP contribution < -0.4 is 10.1 Å². The molecule has 3 aliphatic heterocycles. The summed E-state index contributed by atoms with van der Waals surface area (Å²) in [5, 5.41) is 3.09. The number of benzene rings is 3. The molecule has 3 aliphatic rings. The highest BCUT2D eigenvalue weighted by atomic mass is 16.7. The molecular formula is C40H49N3O9. The number of nitrogens with one attached hydrogen (secondary N) is 1. The van der Waals surface area contributed by atoms with Crippen LogP contribution in [0.5, 0.6) is 5.75 Å². The zero-order valence-corrected chi connectivity index (χ0v) is 30.3. The summed E-state index contributed by atoms with van der Waals surface area (Å²) in [5.41, 5.74) is 2.60. The molecule has 0 radical (unpaired) electrons. The summed E-state index contributed by atoms with van der Waals surface area (Å²) in [6, 6.07) is 24.2.